The van der Waals surface area contributed by atoms with E-state index >= 15 is 0 Å². The number of fused-ring (bicyclic) bond motifs is 1. The predicted octanol–water partition coefficient (Wildman–Crippen LogP) is 3.77. The highest BCUT2D eigenvalue weighted by Crippen LogP contribution is 2.37. The quantitative estimate of drug-likeness (QED) is 0.525. The molecule has 1 amide bonds. The molecule has 0 spiro atoms. The zero-order valence-corrected chi connectivity index (χ0v) is 21.8. The van der Waals surface area contributed by atoms with E-state index in [0.29, 0.717) is 50.9 Å². The number of nitrogens with zero attached hydrogens (tertiary/aromatic N) is 4. The smallest absolute Gasteiger partial charge is 0.403 e. The second-order valence-electron chi connectivity index (χ2n) is 10.4. The van der Waals surface area contributed by atoms with Crippen molar-refractivity contribution in [2.75, 3.05) is 50.8 Å². The number of hydrogen-bond acceptors (Lipinski definition) is 7. The second-order valence-corrected chi connectivity index (χ2v) is 10.4. The molecule has 2 saturated heterocycles. The van der Waals surface area contributed by atoms with E-state index in [1.54, 1.807) is 11.2 Å². The Kier molecular flexibility index (Phi) is 8.22. The van der Waals surface area contributed by atoms with E-state index in [-0.39, 0.29) is 18.5 Å². The monoisotopic (exact) mass is 551 g/mol. The molecule has 2 fully saturated rings. The summed E-state index contributed by atoms with van der Waals surface area (Å²) in [7, 11) is 0. The van der Waals surface area contributed by atoms with Gasteiger partial charge in [-0.05, 0) is 49.3 Å². The highest BCUT2D eigenvalue weighted by atomic mass is 19.4. The summed E-state index contributed by atoms with van der Waals surface area (Å²) in [6, 6.07) is 3.38. The van der Waals surface area contributed by atoms with Crippen LogP contribution in [-0.2, 0) is 16.0 Å². The van der Waals surface area contributed by atoms with E-state index in [9.17, 15) is 22.4 Å². The van der Waals surface area contributed by atoms with Crippen LogP contribution >= 0.6 is 0 Å². The number of ether oxygens (including phenoxy) is 2. The molecule has 2 aromatic rings. The number of anilines is 1. The molecule has 212 valence electrons. The molecular formula is C27H33F4N5O3. The summed E-state index contributed by atoms with van der Waals surface area (Å²) in [5, 5.41) is 3.39. The van der Waals surface area contributed by atoms with Crippen LogP contribution in [0.1, 0.15) is 54.8 Å². The zero-order chi connectivity index (χ0) is 27.6. The highest BCUT2D eigenvalue weighted by molar-refractivity contribution is 5.84. The molecule has 8 nitrogen and oxygen atoms in total. The van der Waals surface area contributed by atoms with Gasteiger partial charge in [0.25, 0.3) is 0 Å². The van der Waals surface area contributed by atoms with Crippen LogP contribution < -0.4 is 15.0 Å². The Morgan fingerprint density at radius 1 is 1.15 bits per heavy atom. The molecule has 3 heterocycles. The largest absolute Gasteiger partial charge is 0.573 e. The summed E-state index contributed by atoms with van der Waals surface area (Å²) in [5.41, 5.74) is 2.58. The standard InChI is InChI=1S/C27H33F4N5O3/c1-17-2-4-22-24(17)25(34-16-33-22)35-8-10-36(11-9-35)26(37)20(15-32-19-6-12-38-13-7-19)18-3-5-23(21(28)14-18)39-27(29,30)31/h3,5,14,16-17,19-20,32H,2,4,6-13,15H2,1H3/t17-,20-/m1/s1. The summed E-state index contributed by atoms with van der Waals surface area (Å²) in [6.45, 7) is 5.74. The van der Waals surface area contributed by atoms with Crippen molar-refractivity contribution in [1.82, 2.24) is 20.2 Å². The van der Waals surface area contributed by atoms with E-state index in [1.807, 2.05) is 0 Å². The molecule has 3 aliphatic rings. The van der Waals surface area contributed by atoms with Gasteiger partial charge < -0.3 is 24.6 Å². The average Bonchev–Trinajstić information content (AvgIpc) is 3.31. The number of carbonyl (C=O) groups excluding carboxylic acids is 1. The Hall–Kier alpha value is -2.99. The lowest BCUT2D eigenvalue weighted by Crippen LogP contribution is -2.52. The van der Waals surface area contributed by atoms with Crippen LogP contribution in [0.25, 0.3) is 0 Å². The lowest BCUT2D eigenvalue weighted by Gasteiger charge is -2.38. The van der Waals surface area contributed by atoms with Crippen molar-refractivity contribution in [3.8, 4) is 5.75 Å². The number of aryl methyl sites for hydroxylation is 1. The summed E-state index contributed by atoms with van der Waals surface area (Å²) in [4.78, 5) is 26.7. The highest BCUT2D eigenvalue weighted by Gasteiger charge is 2.35. The number of alkyl halides is 3. The maximum atomic E-state index is 14.6. The fourth-order valence-corrected chi connectivity index (χ4v) is 5.71. The van der Waals surface area contributed by atoms with Crippen molar-refractivity contribution in [1.29, 1.82) is 0 Å². The fraction of sp³-hybridized carbons (Fsp3) is 0.593. The predicted molar refractivity (Wildman–Crippen MR) is 135 cm³/mol. The topological polar surface area (TPSA) is 79.8 Å². The molecule has 5 rings (SSSR count). The van der Waals surface area contributed by atoms with Crippen LogP contribution in [0.3, 0.4) is 0 Å². The third-order valence-corrected chi connectivity index (χ3v) is 7.86. The number of rotatable bonds is 7. The Bertz CT molecular complexity index is 1170. The van der Waals surface area contributed by atoms with Gasteiger partial charge in [0.1, 0.15) is 12.1 Å². The Labute approximate surface area is 224 Å². The van der Waals surface area contributed by atoms with Crippen molar-refractivity contribution in [2.45, 2.75) is 56.8 Å². The molecule has 0 bridgehead atoms. The van der Waals surface area contributed by atoms with E-state index in [4.69, 9.17) is 4.74 Å². The number of nitrogens with one attached hydrogen (secondary N) is 1. The zero-order valence-electron chi connectivity index (χ0n) is 21.8. The van der Waals surface area contributed by atoms with Crippen LogP contribution in [-0.4, -0.2) is 79.1 Å². The van der Waals surface area contributed by atoms with Crippen LogP contribution in [0.4, 0.5) is 23.4 Å². The molecule has 0 saturated carbocycles. The van der Waals surface area contributed by atoms with Crippen molar-refractivity contribution < 1.29 is 31.8 Å². The van der Waals surface area contributed by atoms with Crippen molar-refractivity contribution in [3.05, 3.63) is 47.2 Å². The Morgan fingerprint density at radius 3 is 2.59 bits per heavy atom. The van der Waals surface area contributed by atoms with Crippen LogP contribution in [0.5, 0.6) is 5.75 Å². The Balaban J connectivity index is 1.30. The van der Waals surface area contributed by atoms with Crippen LogP contribution in [0, 0.1) is 5.82 Å². The minimum Gasteiger partial charge on any atom is -0.403 e. The molecule has 1 aromatic carbocycles. The first kappa shape index (κ1) is 27.6. The van der Waals surface area contributed by atoms with E-state index in [0.717, 1.165) is 49.3 Å². The minimum atomic E-state index is -5.01. The van der Waals surface area contributed by atoms with Crippen LogP contribution in [0.15, 0.2) is 24.5 Å². The van der Waals surface area contributed by atoms with Gasteiger partial charge >= 0.3 is 6.36 Å². The summed E-state index contributed by atoms with van der Waals surface area (Å²) in [6.07, 6.45) is 0.147. The van der Waals surface area contributed by atoms with Crippen molar-refractivity contribution in [2.24, 2.45) is 0 Å². The van der Waals surface area contributed by atoms with Gasteiger partial charge in [-0.15, -0.1) is 13.2 Å². The van der Waals surface area contributed by atoms with Crippen molar-refractivity contribution >= 4 is 11.7 Å². The lowest BCUT2D eigenvalue weighted by atomic mass is 9.95. The number of piperazine rings is 1. The number of hydrogen-bond donors (Lipinski definition) is 1. The second kappa shape index (κ2) is 11.6. The first-order valence-electron chi connectivity index (χ1n) is 13.4. The maximum absolute atomic E-state index is 14.6. The molecule has 0 radical (unpaired) electrons. The van der Waals surface area contributed by atoms with Gasteiger partial charge in [0.2, 0.25) is 5.91 Å². The van der Waals surface area contributed by atoms with Gasteiger partial charge in [-0.25, -0.2) is 14.4 Å². The third-order valence-electron chi connectivity index (χ3n) is 7.86. The summed E-state index contributed by atoms with van der Waals surface area (Å²) in [5.74, 6) is -1.73. The molecule has 12 heteroatoms. The molecule has 39 heavy (non-hydrogen) atoms. The first-order chi connectivity index (χ1) is 18.7. The van der Waals surface area contributed by atoms with Crippen LogP contribution in [0.2, 0.25) is 0 Å². The first-order valence-corrected chi connectivity index (χ1v) is 13.4. The number of benzene rings is 1. The number of amides is 1. The van der Waals surface area contributed by atoms with Crippen molar-refractivity contribution in [3.63, 3.8) is 0 Å². The minimum absolute atomic E-state index is 0.144. The SMILES string of the molecule is C[C@@H]1CCc2ncnc(N3CCN(C(=O)[C@H](CNC4CCOCC4)c4ccc(OC(F)(F)F)c(F)c4)CC3)c21. The Morgan fingerprint density at radius 2 is 1.90 bits per heavy atom. The number of carbonyl (C=O) groups is 1. The molecule has 2 aliphatic heterocycles. The number of aromatic nitrogens is 2. The van der Waals surface area contributed by atoms with E-state index < -0.39 is 23.8 Å². The fourth-order valence-electron chi connectivity index (χ4n) is 5.71. The third kappa shape index (κ3) is 6.43. The average molecular weight is 552 g/mol. The van der Waals surface area contributed by atoms with Gasteiger partial charge in [-0.2, -0.15) is 0 Å². The molecule has 0 unspecified atom stereocenters. The van der Waals surface area contributed by atoms with Gasteiger partial charge in [0.15, 0.2) is 11.6 Å². The summed E-state index contributed by atoms with van der Waals surface area (Å²) < 4.78 is 61.7. The molecule has 1 N–H and O–H groups in total. The summed E-state index contributed by atoms with van der Waals surface area (Å²) >= 11 is 0. The van der Waals surface area contributed by atoms with Gasteiger partial charge in [-0.1, -0.05) is 13.0 Å². The molecule has 1 aliphatic carbocycles. The molecular weight excluding hydrogens is 518 g/mol. The van der Waals surface area contributed by atoms with E-state index in [2.05, 4.69) is 31.8 Å². The lowest BCUT2D eigenvalue weighted by molar-refractivity contribution is -0.275. The molecule has 2 atom stereocenters. The van der Waals surface area contributed by atoms with Gasteiger partial charge in [0, 0.05) is 63.2 Å². The van der Waals surface area contributed by atoms with Gasteiger partial charge in [0.05, 0.1) is 5.92 Å². The maximum Gasteiger partial charge on any atom is 0.573 e. The van der Waals surface area contributed by atoms with Gasteiger partial charge in [-0.3, -0.25) is 4.79 Å². The molecule has 1 aromatic heterocycles. The normalized spacial score (nSPS) is 21.1. The number of halogens is 4. The van der Waals surface area contributed by atoms with E-state index in [1.165, 1.54) is 11.6 Å².